The van der Waals surface area contributed by atoms with E-state index in [1.807, 2.05) is 36.1 Å². The molecule has 1 aromatic carbocycles. The molecule has 1 fully saturated rings. The number of carbonyl (C=O) groups is 1. The summed E-state index contributed by atoms with van der Waals surface area (Å²) in [6.07, 6.45) is 1.79. The molecule has 0 radical (unpaired) electrons. The minimum Gasteiger partial charge on any atom is -0.346 e. The molecule has 1 aliphatic rings. The maximum absolute atomic E-state index is 11.8. The number of rotatable bonds is 2. The zero-order valence-corrected chi connectivity index (χ0v) is 12.9. The molecule has 0 saturated carbocycles. The maximum Gasteiger partial charge on any atom is 0.219 e. The molecule has 2 heterocycles. The van der Waals surface area contributed by atoms with Gasteiger partial charge in [-0.1, -0.05) is 30.3 Å². The highest BCUT2D eigenvalue weighted by atomic mass is 16.2. The lowest BCUT2D eigenvalue weighted by Crippen LogP contribution is -2.50. The predicted molar refractivity (Wildman–Crippen MR) is 85.6 cm³/mol. The lowest BCUT2D eigenvalue weighted by atomic mass is 10.0. The summed E-state index contributed by atoms with van der Waals surface area (Å²) in [5.74, 6) is 1.81. The molecule has 0 bridgehead atoms. The summed E-state index contributed by atoms with van der Waals surface area (Å²) < 4.78 is 0. The molecule has 1 atom stereocenters. The molecule has 0 spiro atoms. The quantitative estimate of drug-likeness (QED) is 0.852. The van der Waals surface area contributed by atoms with E-state index in [1.165, 1.54) is 5.56 Å². The van der Waals surface area contributed by atoms with E-state index in [9.17, 15) is 4.79 Å². The number of amides is 1. The number of anilines is 1. The van der Waals surface area contributed by atoms with Crippen LogP contribution in [0.25, 0.3) is 0 Å². The highest BCUT2D eigenvalue weighted by molar-refractivity contribution is 5.73. The first-order valence-electron chi connectivity index (χ1n) is 7.52. The van der Waals surface area contributed by atoms with Gasteiger partial charge in [0.15, 0.2) is 0 Å². The van der Waals surface area contributed by atoms with Crippen LogP contribution in [-0.2, 0) is 4.79 Å². The summed E-state index contributed by atoms with van der Waals surface area (Å²) >= 11 is 0. The van der Waals surface area contributed by atoms with Crippen LogP contribution in [0.1, 0.15) is 24.4 Å². The Bertz CT molecular complexity index is 659. The van der Waals surface area contributed by atoms with Crippen LogP contribution >= 0.6 is 0 Å². The Morgan fingerprint density at radius 1 is 1.18 bits per heavy atom. The van der Waals surface area contributed by atoms with Crippen molar-refractivity contribution in [3.8, 4) is 0 Å². The molecule has 0 N–H and O–H groups in total. The number of hydrogen-bond donors (Lipinski definition) is 0. The first kappa shape index (κ1) is 14.5. The van der Waals surface area contributed by atoms with Gasteiger partial charge in [0.25, 0.3) is 0 Å². The van der Waals surface area contributed by atoms with Crippen molar-refractivity contribution in [2.45, 2.75) is 19.9 Å². The van der Waals surface area contributed by atoms with Gasteiger partial charge in [0.1, 0.15) is 11.6 Å². The van der Waals surface area contributed by atoms with E-state index < -0.39 is 0 Å². The van der Waals surface area contributed by atoms with Crippen LogP contribution in [0.15, 0.2) is 42.6 Å². The highest BCUT2D eigenvalue weighted by Crippen LogP contribution is 2.29. The fraction of sp³-hybridized carbons (Fsp3) is 0.353. The average molecular weight is 296 g/mol. The lowest BCUT2D eigenvalue weighted by molar-refractivity contribution is -0.129. The van der Waals surface area contributed by atoms with Gasteiger partial charge in [0, 0.05) is 32.8 Å². The summed E-state index contributed by atoms with van der Waals surface area (Å²) in [6.45, 7) is 5.71. The number of aromatic nitrogens is 2. The molecule has 2 aromatic rings. The molecular formula is C17H20N4O. The monoisotopic (exact) mass is 296 g/mol. The Labute approximate surface area is 130 Å². The van der Waals surface area contributed by atoms with E-state index in [0.717, 1.165) is 24.7 Å². The van der Waals surface area contributed by atoms with Gasteiger partial charge in [0.05, 0.1) is 6.04 Å². The van der Waals surface area contributed by atoms with E-state index >= 15 is 0 Å². The lowest BCUT2D eigenvalue weighted by Gasteiger charge is -2.42. The molecule has 114 valence electrons. The Morgan fingerprint density at radius 3 is 2.64 bits per heavy atom. The second kappa shape index (κ2) is 6.13. The smallest absolute Gasteiger partial charge is 0.219 e. The molecule has 1 amide bonds. The predicted octanol–water partition coefficient (Wildman–Crippen LogP) is 2.19. The Kier molecular flexibility index (Phi) is 4.04. The fourth-order valence-electron chi connectivity index (χ4n) is 2.91. The Hall–Kier alpha value is -2.43. The summed E-state index contributed by atoms with van der Waals surface area (Å²) in [5, 5.41) is 0. The van der Waals surface area contributed by atoms with Crippen LogP contribution < -0.4 is 4.90 Å². The third-order valence-electron chi connectivity index (χ3n) is 4.07. The molecule has 5 heteroatoms. The van der Waals surface area contributed by atoms with E-state index in [1.54, 1.807) is 13.1 Å². The Morgan fingerprint density at radius 2 is 1.95 bits per heavy atom. The van der Waals surface area contributed by atoms with E-state index in [0.29, 0.717) is 6.54 Å². The molecule has 5 nitrogen and oxygen atoms in total. The molecule has 0 aliphatic carbocycles. The van der Waals surface area contributed by atoms with Gasteiger partial charge in [-0.25, -0.2) is 9.97 Å². The van der Waals surface area contributed by atoms with Gasteiger partial charge in [0.2, 0.25) is 5.91 Å². The van der Waals surface area contributed by atoms with Crippen molar-refractivity contribution in [1.82, 2.24) is 14.9 Å². The van der Waals surface area contributed by atoms with Crippen molar-refractivity contribution in [2.24, 2.45) is 0 Å². The van der Waals surface area contributed by atoms with Gasteiger partial charge >= 0.3 is 0 Å². The van der Waals surface area contributed by atoms with Gasteiger partial charge in [-0.3, -0.25) is 4.79 Å². The van der Waals surface area contributed by atoms with Crippen LogP contribution in [0.4, 0.5) is 5.82 Å². The van der Waals surface area contributed by atoms with E-state index in [-0.39, 0.29) is 11.9 Å². The van der Waals surface area contributed by atoms with Crippen LogP contribution in [0.5, 0.6) is 0 Å². The largest absolute Gasteiger partial charge is 0.346 e. The molecule has 1 saturated heterocycles. The topological polar surface area (TPSA) is 49.3 Å². The number of carbonyl (C=O) groups excluding carboxylic acids is 1. The van der Waals surface area contributed by atoms with Gasteiger partial charge in [-0.2, -0.15) is 0 Å². The van der Waals surface area contributed by atoms with Crippen LogP contribution in [0.2, 0.25) is 0 Å². The summed E-state index contributed by atoms with van der Waals surface area (Å²) in [7, 11) is 0. The van der Waals surface area contributed by atoms with Crippen LogP contribution in [0.3, 0.4) is 0 Å². The third-order valence-corrected chi connectivity index (χ3v) is 4.07. The SMILES string of the molecule is CC(=O)N1CCN(c2ccnc(C)n2)[C@@H](c2ccccc2)C1. The van der Waals surface area contributed by atoms with Gasteiger partial charge in [-0.05, 0) is 18.6 Å². The minimum atomic E-state index is 0.119. The van der Waals surface area contributed by atoms with Crippen LogP contribution in [-0.4, -0.2) is 40.4 Å². The van der Waals surface area contributed by atoms with Crippen molar-refractivity contribution in [2.75, 3.05) is 24.5 Å². The van der Waals surface area contributed by atoms with Crippen LogP contribution in [0, 0.1) is 6.92 Å². The van der Waals surface area contributed by atoms with E-state index in [4.69, 9.17) is 0 Å². The standard InChI is InChI=1S/C17H20N4O/c1-13-18-9-8-17(19-13)21-11-10-20(14(2)22)12-16(21)15-6-4-3-5-7-15/h3-9,16H,10-12H2,1-2H3/t16-/m1/s1. The number of aryl methyl sites for hydroxylation is 1. The third kappa shape index (κ3) is 2.93. The molecular weight excluding hydrogens is 276 g/mol. The molecule has 3 rings (SSSR count). The first-order valence-corrected chi connectivity index (χ1v) is 7.52. The van der Waals surface area contributed by atoms with Gasteiger partial charge < -0.3 is 9.80 Å². The van der Waals surface area contributed by atoms with Gasteiger partial charge in [-0.15, -0.1) is 0 Å². The van der Waals surface area contributed by atoms with Crippen molar-refractivity contribution < 1.29 is 4.79 Å². The maximum atomic E-state index is 11.8. The molecule has 1 aromatic heterocycles. The second-order valence-corrected chi connectivity index (χ2v) is 5.55. The second-order valence-electron chi connectivity index (χ2n) is 5.55. The zero-order chi connectivity index (χ0) is 15.5. The summed E-state index contributed by atoms with van der Waals surface area (Å²) in [4.78, 5) is 24.7. The minimum absolute atomic E-state index is 0.119. The number of piperazine rings is 1. The van der Waals surface area contributed by atoms with Crippen molar-refractivity contribution >= 4 is 11.7 Å². The van der Waals surface area contributed by atoms with Crippen molar-refractivity contribution in [3.05, 3.63) is 54.0 Å². The van der Waals surface area contributed by atoms with Crippen molar-refractivity contribution in [3.63, 3.8) is 0 Å². The normalized spacial score (nSPS) is 18.4. The highest BCUT2D eigenvalue weighted by Gasteiger charge is 2.30. The van der Waals surface area contributed by atoms with Crippen molar-refractivity contribution in [1.29, 1.82) is 0 Å². The number of benzene rings is 1. The Balaban J connectivity index is 1.95. The number of nitrogens with zero attached hydrogens (tertiary/aromatic N) is 4. The average Bonchev–Trinajstić information content (AvgIpc) is 2.55. The number of hydrogen-bond acceptors (Lipinski definition) is 4. The first-order chi connectivity index (χ1) is 10.6. The summed E-state index contributed by atoms with van der Waals surface area (Å²) in [6, 6.07) is 12.3. The molecule has 0 unspecified atom stereocenters. The molecule has 22 heavy (non-hydrogen) atoms. The fourth-order valence-corrected chi connectivity index (χ4v) is 2.91. The molecule has 1 aliphatic heterocycles. The summed E-state index contributed by atoms with van der Waals surface area (Å²) in [5.41, 5.74) is 1.20. The van der Waals surface area contributed by atoms with E-state index in [2.05, 4.69) is 27.0 Å². The zero-order valence-electron chi connectivity index (χ0n) is 12.9.